The van der Waals surface area contributed by atoms with Crippen LogP contribution in [0.1, 0.15) is 28.8 Å². The van der Waals surface area contributed by atoms with Crippen LogP contribution in [0.4, 0.5) is 8.78 Å². The molecular weight excluding hydrogens is 326 g/mol. The SMILES string of the molecule is NC1=[N+](Cl)[C@H](c2ccccc2F)C[C@H](c2ccc(F)cc2)S1. The van der Waals surface area contributed by atoms with E-state index in [-0.39, 0.29) is 22.9 Å². The molecule has 1 aliphatic rings. The Hall–Kier alpha value is -1.59. The molecule has 22 heavy (non-hydrogen) atoms. The second kappa shape index (κ2) is 6.26. The third kappa shape index (κ3) is 2.96. The van der Waals surface area contributed by atoms with E-state index >= 15 is 0 Å². The van der Waals surface area contributed by atoms with E-state index in [0.717, 1.165) is 5.56 Å². The number of rotatable bonds is 2. The highest BCUT2D eigenvalue weighted by molar-refractivity contribution is 8.13. The van der Waals surface area contributed by atoms with Gasteiger partial charge in [0.1, 0.15) is 29.5 Å². The summed E-state index contributed by atoms with van der Waals surface area (Å²) in [6.45, 7) is 0. The van der Waals surface area contributed by atoms with E-state index < -0.39 is 0 Å². The lowest BCUT2D eigenvalue weighted by Crippen LogP contribution is -2.30. The summed E-state index contributed by atoms with van der Waals surface area (Å²) in [4.78, 5) is 0. The molecule has 0 aliphatic carbocycles. The summed E-state index contributed by atoms with van der Waals surface area (Å²) < 4.78 is 28.5. The maximum atomic E-state index is 14.1. The molecule has 0 saturated heterocycles. The molecule has 0 aromatic heterocycles. The Morgan fingerprint density at radius 1 is 1.09 bits per heavy atom. The fraction of sp³-hybridized carbons (Fsp3) is 0.188. The minimum atomic E-state index is -0.362. The Bertz CT molecular complexity index is 718. The van der Waals surface area contributed by atoms with Gasteiger partial charge in [0.2, 0.25) is 0 Å². The van der Waals surface area contributed by atoms with Crippen molar-refractivity contribution in [2.24, 2.45) is 5.73 Å². The van der Waals surface area contributed by atoms with E-state index in [4.69, 9.17) is 17.5 Å². The van der Waals surface area contributed by atoms with Gasteiger partial charge in [-0.3, -0.25) is 5.73 Å². The Labute approximate surface area is 136 Å². The van der Waals surface area contributed by atoms with E-state index in [2.05, 4.69) is 0 Å². The predicted octanol–water partition coefficient (Wildman–Crippen LogP) is 4.37. The molecule has 2 aromatic carbocycles. The van der Waals surface area contributed by atoms with Crippen molar-refractivity contribution in [3.63, 3.8) is 0 Å². The second-order valence-corrected chi connectivity index (χ2v) is 6.67. The van der Waals surface area contributed by atoms with E-state index in [1.807, 2.05) is 0 Å². The van der Waals surface area contributed by atoms with Gasteiger partial charge in [-0.1, -0.05) is 30.3 Å². The standard InChI is InChI=1S/C16H13ClF2N2S/c17-21-14(12-3-1-2-4-13(12)19)9-15(22-16(21)20)10-5-7-11(18)8-6-10/h1-8,14-15,20H,9H2/p+1/t14-,15+/m0/s1. The molecule has 0 bridgehead atoms. The van der Waals surface area contributed by atoms with Gasteiger partial charge in [0.15, 0.2) is 0 Å². The number of hydrogen-bond donors (Lipinski definition) is 1. The summed E-state index contributed by atoms with van der Waals surface area (Å²) in [7, 11) is 0. The van der Waals surface area contributed by atoms with Crippen molar-refractivity contribution in [3.05, 3.63) is 71.3 Å². The molecular formula is C16H14ClF2N2S+. The summed E-state index contributed by atoms with van der Waals surface area (Å²) >= 11 is 7.64. The molecule has 0 spiro atoms. The van der Waals surface area contributed by atoms with Gasteiger partial charge >= 0.3 is 5.17 Å². The summed E-state index contributed by atoms with van der Waals surface area (Å²) in [5, 5.41) is 0.413. The molecule has 2 aromatic rings. The second-order valence-electron chi connectivity index (χ2n) is 5.08. The first-order chi connectivity index (χ1) is 10.6. The van der Waals surface area contributed by atoms with Crippen LogP contribution in [0, 0.1) is 11.6 Å². The van der Waals surface area contributed by atoms with Crippen LogP contribution < -0.4 is 5.73 Å². The zero-order valence-electron chi connectivity index (χ0n) is 11.5. The maximum absolute atomic E-state index is 14.1. The molecule has 2 N–H and O–H groups in total. The average Bonchev–Trinajstić information content (AvgIpc) is 2.51. The van der Waals surface area contributed by atoms with Crippen molar-refractivity contribution in [3.8, 4) is 0 Å². The van der Waals surface area contributed by atoms with Crippen molar-refractivity contribution in [1.82, 2.24) is 0 Å². The number of halogens is 3. The van der Waals surface area contributed by atoms with Crippen LogP contribution in [0.3, 0.4) is 0 Å². The number of thioether (sulfide) groups is 1. The van der Waals surface area contributed by atoms with E-state index in [1.54, 1.807) is 30.3 Å². The van der Waals surface area contributed by atoms with E-state index in [9.17, 15) is 8.78 Å². The van der Waals surface area contributed by atoms with E-state index in [1.165, 1.54) is 34.1 Å². The van der Waals surface area contributed by atoms with Gasteiger partial charge in [-0.05, 0) is 35.5 Å². The summed E-state index contributed by atoms with van der Waals surface area (Å²) in [6, 6.07) is 12.4. The highest BCUT2D eigenvalue weighted by Gasteiger charge is 2.35. The molecule has 0 amide bonds. The van der Waals surface area contributed by atoms with E-state index in [0.29, 0.717) is 17.2 Å². The molecule has 6 heteroatoms. The van der Waals surface area contributed by atoms with Crippen LogP contribution in [0.15, 0.2) is 48.5 Å². The van der Waals surface area contributed by atoms with Gasteiger partial charge in [0, 0.05) is 17.2 Å². The fourth-order valence-corrected chi connectivity index (χ4v) is 3.96. The lowest BCUT2D eigenvalue weighted by molar-refractivity contribution is -0.430. The molecule has 0 unspecified atom stereocenters. The first-order valence-corrected chi connectivity index (χ1v) is 8.02. The first kappa shape index (κ1) is 15.3. The topological polar surface area (TPSA) is 29.0 Å². The highest BCUT2D eigenvalue weighted by atomic mass is 35.5. The molecule has 2 nitrogen and oxygen atoms in total. The Balaban J connectivity index is 1.96. The third-order valence-electron chi connectivity index (χ3n) is 3.69. The van der Waals surface area contributed by atoms with Gasteiger partial charge in [0.05, 0.1) is 0 Å². The molecule has 1 heterocycles. The van der Waals surface area contributed by atoms with Crippen LogP contribution in [0.25, 0.3) is 0 Å². The lowest BCUT2D eigenvalue weighted by Gasteiger charge is -2.26. The molecule has 1 aliphatic heterocycles. The number of nitrogens with two attached hydrogens (primary N) is 1. The van der Waals surface area contributed by atoms with Gasteiger partial charge in [-0.25, -0.2) is 8.78 Å². The number of amidine groups is 1. The zero-order chi connectivity index (χ0) is 15.7. The van der Waals surface area contributed by atoms with Crippen LogP contribution in [0.5, 0.6) is 0 Å². The Morgan fingerprint density at radius 3 is 2.45 bits per heavy atom. The van der Waals surface area contributed by atoms with Crippen molar-refractivity contribution in [2.75, 3.05) is 0 Å². The first-order valence-electron chi connectivity index (χ1n) is 6.80. The molecule has 0 radical (unpaired) electrons. The largest absolute Gasteiger partial charge is 0.322 e. The van der Waals surface area contributed by atoms with Crippen molar-refractivity contribution < 1.29 is 12.9 Å². The van der Waals surface area contributed by atoms with Crippen LogP contribution in [-0.4, -0.2) is 9.26 Å². The van der Waals surface area contributed by atoms with Gasteiger partial charge in [-0.2, -0.15) is 0 Å². The van der Waals surface area contributed by atoms with Gasteiger partial charge in [-0.15, -0.1) is 4.09 Å². The van der Waals surface area contributed by atoms with Crippen molar-refractivity contribution >= 4 is 28.7 Å². The normalized spacial score (nSPS) is 22.0. The monoisotopic (exact) mass is 339 g/mol. The number of nitrogens with zero attached hydrogens (tertiary/aromatic N) is 1. The minimum Gasteiger partial charge on any atom is -0.280 e. The third-order valence-corrected chi connectivity index (χ3v) is 5.40. The molecule has 0 saturated carbocycles. The summed E-state index contributed by atoms with van der Waals surface area (Å²) in [6.07, 6.45) is 0.585. The quantitative estimate of drug-likeness (QED) is 0.823. The van der Waals surface area contributed by atoms with Crippen LogP contribution in [-0.2, 0) is 0 Å². The number of hydrogen-bond acceptors (Lipinski definition) is 2. The lowest BCUT2D eigenvalue weighted by atomic mass is 9.98. The number of benzene rings is 2. The summed E-state index contributed by atoms with van der Waals surface area (Å²) in [5.41, 5.74) is 7.44. The van der Waals surface area contributed by atoms with Gasteiger partial charge in [0.25, 0.3) is 0 Å². The van der Waals surface area contributed by atoms with Crippen molar-refractivity contribution in [2.45, 2.75) is 17.7 Å². The van der Waals surface area contributed by atoms with Crippen molar-refractivity contribution in [1.29, 1.82) is 0 Å². The minimum absolute atomic E-state index is 0.000191. The molecule has 114 valence electrons. The van der Waals surface area contributed by atoms with Crippen LogP contribution in [0.2, 0.25) is 0 Å². The smallest absolute Gasteiger partial charge is 0.280 e. The maximum Gasteiger partial charge on any atom is 0.322 e. The Kier molecular flexibility index (Phi) is 4.36. The Morgan fingerprint density at radius 2 is 1.77 bits per heavy atom. The van der Waals surface area contributed by atoms with Gasteiger partial charge < -0.3 is 0 Å². The predicted molar refractivity (Wildman–Crippen MR) is 85.8 cm³/mol. The molecule has 2 atom stereocenters. The fourth-order valence-electron chi connectivity index (χ4n) is 2.57. The van der Waals surface area contributed by atoms with Crippen LogP contribution >= 0.6 is 23.5 Å². The zero-order valence-corrected chi connectivity index (χ0v) is 13.1. The molecule has 3 rings (SSSR count). The molecule has 0 fully saturated rings. The highest BCUT2D eigenvalue weighted by Crippen LogP contribution is 2.43. The average molecular weight is 340 g/mol. The summed E-state index contributed by atoms with van der Waals surface area (Å²) in [5.74, 6) is -0.596.